The van der Waals surface area contributed by atoms with Crippen LogP contribution in [0.4, 0.5) is 0 Å². The van der Waals surface area contributed by atoms with Gasteiger partial charge < -0.3 is 10.1 Å². The first-order valence-corrected chi connectivity index (χ1v) is 7.31. The first-order chi connectivity index (χ1) is 9.15. The normalized spacial score (nSPS) is 11.0. The number of methoxy groups -OCH3 is 1. The van der Waals surface area contributed by atoms with Crippen molar-refractivity contribution in [2.24, 2.45) is 0 Å². The zero-order valence-electron chi connectivity index (χ0n) is 11.9. The molecule has 19 heavy (non-hydrogen) atoms. The Labute approximate surface area is 118 Å². The second-order valence-electron chi connectivity index (χ2n) is 4.77. The van der Waals surface area contributed by atoms with Crippen LogP contribution in [0.5, 0.6) is 5.75 Å². The lowest BCUT2D eigenvalue weighted by atomic mass is 9.99. The van der Waals surface area contributed by atoms with E-state index in [4.69, 9.17) is 4.74 Å². The Bertz CT molecular complexity index is 549. The Morgan fingerprint density at radius 3 is 2.79 bits per heavy atom. The molecule has 102 valence electrons. The van der Waals surface area contributed by atoms with Crippen molar-refractivity contribution < 1.29 is 4.74 Å². The summed E-state index contributed by atoms with van der Waals surface area (Å²) in [6.07, 6.45) is 0. The molecule has 1 heterocycles. The molecular weight excluding hydrogens is 256 g/mol. The number of nitrogens with one attached hydrogen (secondary N) is 1. The standard InChI is InChI=1S/C15H20N2OS/c1-10(2)11-5-6-14(18-4)12(7-11)13-9-19-15(17-13)8-16-3/h5-7,9-10,16H,8H2,1-4H3. The van der Waals surface area contributed by atoms with E-state index in [1.165, 1.54) is 5.56 Å². The molecule has 0 amide bonds. The Morgan fingerprint density at radius 2 is 2.16 bits per heavy atom. The van der Waals surface area contributed by atoms with Crippen molar-refractivity contribution in [1.29, 1.82) is 0 Å². The molecule has 0 unspecified atom stereocenters. The zero-order valence-corrected chi connectivity index (χ0v) is 12.7. The molecule has 0 atom stereocenters. The number of aromatic nitrogens is 1. The molecule has 1 N–H and O–H groups in total. The molecule has 0 aliphatic carbocycles. The predicted molar refractivity (Wildman–Crippen MR) is 81.0 cm³/mol. The van der Waals surface area contributed by atoms with Crippen LogP contribution in [-0.4, -0.2) is 19.1 Å². The molecule has 0 fully saturated rings. The van der Waals surface area contributed by atoms with Crippen molar-refractivity contribution in [3.63, 3.8) is 0 Å². The summed E-state index contributed by atoms with van der Waals surface area (Å²) >= 11 is 1.67. The van der Waals surface area contributed by atoms with Gasteiger partial charge in [-0.2, -0.15) is 0 Å². The van der Waals surface area contributed by atoms with E-state index < -0.39 is 0 Å². The Balaban J connectivity index is 2.42. The van der Waals surface area contributed by atoms with Crippen LogP contribution in [0.15, 0.2) is 23.6 Å². The van der Waals surface area contributed by atoms with Gasteiger partial charge in [-0.15, -0.1) is 11.3 Å². The lowest BCUT2D eigenvalue weighted by Gasteiger charge is -2.11. The fourth-order valence-corrected chi connectivity index (χ4v) is 2.76. The van der Waals surface area contributed by atoms with Crippen LogP contribution in [-0.2, 0) is 6.54 Å². The van der Waals surface area contributed by atoms with Crippen LogP contribution >= 0.6 is 11.3 Å². The number of rotatable bonds is 5. The van der Waals surface area contributed by atoms with Gasteiger partial charge in [0, 0.05) is 17.5 Å². The third-order valence-electron chi connectivity index (χ3n) is 3.05. The highest BCUT2D eigenvalue weighted by Crippen LogP contribution is 2.33. The van der Waals surface area contributed by atoms with Gasteiger partial charge in [0.15, 0.2) is 0 Å². The highest BCUT2D eigenvalue weighted by molar-refractivity contribution is 7.09. The molecule has 0 spiro atoms. The number of ether oxygens (including phenoxy) is 1. The summed E-state index contributed by atoms with van der Waals surface area (Å²) in [6, 6.07) is 6.33. The number of benzene rings is 1. The monoisotopic (exact) mass is 276 g/mol. The highest BCUT2D eigenvalue weighted by atomic mass is 32.1. The summed E-state index contributed by atoms with van der Waals surface area (Å²) in [5.41, 5.74) is 3.38. The van der Waals surface area contributed by atoms with Crippen LogP contribution < -0.4 is 10.1 Å². The quantitative estimate of drug-likeness (QED) is 0.905. The maximum atomic E-state index is 5.45. The third kappa shape index (κ3) is 3.14. The van der Waals surface area contributed by atoms with E-state index in [-0.39, 0.29) is 0 Å². The van der Waals surface area contributed by atoms with E-state index in [0.717, 1.165) is 28.6 Å². The summed E-state index contributed by atoms with van der Waals surface area (Å²) in [6.45, 7) is 5.19. The number of hydrogen-bond donors (Lipinski definition) is 1. The molecule has 1 aromatic heterocycles. The molecule has 0 saturated heterocycles. The Morgan fingerprint density at radius 1 is 1.37 bits per heavy atom. The molecule has 0 radical (unpaired) electrons. The van der Waals surface area contributed by atoms with Gasteiger partial charge in [0.2, 0.25) is 0 Å². The summed E-state index contributed by atoms with van der Waals surface area (Å²) in [4.78, 5) is 4.66. The largest absolute Gasteiger partial charge is 0.496 e. The van der Waals surface area contributed by atoms with Gasteiger partial charge >= 0.3 is 0 Å². The number of hydrogen-bond acceptors (Lipinski definition) is 4. The molecule has 4 heteroatoms. The van der Waals surface area contributed by atoms with E-state index >= 15 is 0 Å². The van der Waals surface area contributed by atoms with Crippen LogP contribution in [0.3, 0.4) is 0 Å². The van der Waals surface area contributed by atoms with E-state index in [1.54, 1.807) is 18.4 Å². The van der Waals surface area contributed by atoms with Gasteiger partial charge in [-0.05, 0) is 30.7 Å². The summed E-state index contributed by atoms with van der Waals surface area (Å²) in [7, 11) is 3.63. The Kier molecular flexibility index (Phi) is 4.56. The maximum Gasteiger partial charge on any atom is 0.128 e. The predicted octanol–water partition coefficient (Wildman–Crippen LogP) is 3.66. The highest BCUT2D eigenvalue weighted by Gasteiger charge is 2.12. The Hall–Kier alpha value is -1.39. The van der Waals surface area contributed by atoms with Gasteiger partial charge in [-0.25, -0.2) is 4.98 Å². The molecular formula is C15H20N2OS. The summed E-state index contributed by atoms with van der Waals surface area (Å²) in [5.74, 6) is 1.38. The minimum Gasteiger partial charge on any atom is -0.496 e. The molecule has 0 bridgehead atoms. The molecule has 0 aliphatic rings. The second kappa shape index (κ2) is 6.17. The summed E-state index contributed by atoms with van der Waals surface area (Å²) < 4.78 is 5.45. The molecule has 1 aromatic carbocycles. The van der Waals surface area contributed by atoms with Gasteiger partial charge in [-0.1, -0.05) is 19.9 Å². The number of nitrogens with zero attached hydrogens (tertiary/aromatic N) is 1. The lowest BCUT2D eigenvalue weighted by Crippen LogP contribution is -2.04. The van der Waals surface area contributed by atoms with Crippen LogP contribution in [0.2, 0.25) is 0 Å². The zero-order chi connectivity index (χ0) is 13.8. The molecule has 0 saturated carbocycles. The molecule has 2 rings (SSSR count). The fraction of sp³-hybridized carbons (Fsp3) is 0.400. The van der Waals surface area contributed by atoms with E-state index in [0.29, 0.717) is 5.92 Å². The first-order valence-electron chi connectivity index (χ1n) is 6.43. The van der Waals surface area contributed by atoms with Gasteiger partial charge in [0.05, 0.1) is 12.8 Å². The van der Waals surface area contributed by atoms with Crippen molar-refractivity contribution >= 4 is 11.3 Å². The SMILES string of the molecule is CNCc1nc(-c2cc(C(C)C)ccc2OC)cs1. The first kappa shape index (κ1) is 14.0. The van der Waals surface area contributed by atoms with Crippen molar-refractivity contribution in [3.05, 3.63) is 34.2 Å². The van der Waals surface area contributed by atoms with Crippen LogP contribution in [0, 0.1) is 0 Å². The molecule has 2 aromatic rings. The fourth-order valence-electron chi connectivity index (χ4n) is 1.95. The average Bonchev–Trinajstić information content (AvgIpc) is 2.87. The van der Waals surface area contributed by atoms with Crippen molar-refractivity contribution in [2.75, 3.05) is 14.2 Å². The third-order valence-corrected chi connectivity index (χ3v) is 3.89. The van der Waals surface area contributed by atoms with Crippen molar-refractivity contribution in [2.45, 2.75) is 26.3 Å². The van der Waals surface area contributed by atoms with E-state index in [1.807, 2.05) is 13.1 Å². The minimum atomic E-state index is 0.500. The van der Waals surface area contributed by atoms with Crippen LogP contribution in [0.25, 0.3) is 11.3 Å². The van der Waals surface area contributed by atoms with E-state index in [2.05, 4.69) is 41.7 Å². The average molecular weight is 276 g/mol. The maximum absolute atomic E-state index is 5.45. The molecule has 3 nitrogen and oxygen atoms in total. The minimum absolute atomic E-state index is 0.500. The van der Waals surface area contributed by atoms with Gasteiger partial charge in [0.1, 0.15) is 10.8 Å². The van der Waals surface area contributed by atoms with Crippen molar-refractivity contribution in [3.8, 4) is 17.0 Å². The second-order valence-corrected chi connectivity index (χ2v) is 5.71. The number of thiazole rings is 1. The molecule has 0 aliphatic heterocycles. The van der Waals surface area contributed by atoms with Gasteiger partial charge in [-0.3, -0.25) is 0 Å². The topological polar surface area (TPSA) is 34.2 Å². The lowest BCUT2D eigenvalue weighted by molar-refractivity contribution is 0.416. The summed E-state index contributed by atoms with van der Waals surface area (Å²) in [5, 5.41) is 6.31. The van der Waals surface area contributed by atoms with Gasteiger partial charge in [0.25, 0.3) is 0 Å². The van der Waals surface area contributed by atoms with E-state index in [9.17, 15) is 0 Å². The smallest absolute Gasteiger partial charge is 0.128 e. The van der Waals surface area contributed by atoms with Crippen molar-refractivity contribution in [1.82, 2.24) is 10.3 Å². The van der Waals surface area contributed by atoms with Crippen LogP contribution in [0.1, 0.15) is 30.3 Å².